The second kappa shape index (κ2) is 19.6. The number of benzene rings is 1. The van der Waals surface area contributed by atoms with Crippen LogP contribution in [0.25, 0.3) is 5.70 Å². The van der Waals surface area contributed by atoms with Crippen LogP contribution in [0.5, 0.6) is 0 Å². The fraction of sp³-hybridized carbons (Fsp3) is 0.606. The SMILES string of the molecule is CC.CC.CCCCCCC(C)CC.CN1CC=C(N)c2cnccc2C1c1ccc(C(F)(F)F)cc1CC(F)(F)F. The first-order chi connectivity index (χ1) is 19.8. The predicted octanol–water partition coefficient (Wildman–Crippen LogP) is 10.6. The van der Waals surface area contributed by atoms with Crippen molar-refractivity contribution < 1.29 is 26.3 Å². The summed E-state index contributed by atoms with van der Waals surface area (Å²) in [5.41, 5.74) is 6.22. The fourth-order valence-electron chi connectivity index (χ4n) is 4.53. The van der Waals surface area contributed by atoms with Gasteiger partial charge in [0.1, 0.15) is 0 Å². The van der Waals surface area contributed by atoms with Gasteiger partial charge in [-0.1, -0.05) is 93.1 Å². The Morgan fingerprint density at radius 1 is 0.952 bits per heavy atom. The smallest absolute Gasteiger partial charge is 0.398 e. The molecule has 1 aliphatic rings. The third-order valence-corrected chi connectivity index (χ3v) is 6.90. The fourth-order valence-corrected chi connectivity index (χ4v) is 4.53. The molecular weight excluding hydrogens is 552 g/mol. The van der Waals surface area contributed by atoms with Gasteiger partial charge in [0.15, 0.2) is 0 Å². The van der Waals surface area contributed by atoms with E-state index >= 15 is 0 Å². The Balaban J connectivity index is 0.00000101. The largest absolute Gasteiger partial charge is 0.416 e. The minimum absolute atomic E-state index is 0.156. The lowest BCUT2D eigenvalue weighted by atomic mass is 9.89. The first-order valence-corrected chi connectivity index (χ1v) is 15.1. The van der Waals surface area contributed by atoms with Gasteiger partial charge >= 0.3 is 12.4 Å². The van der Waals surface area contributed by atoms with Gasteiger partial charge in [-0.05, 0) is 53.9 Å². The van der Waals surface area contributed by atoms with Crippen molar-refractivity contribution in [3.63, 3.8) is 0 Å². The normalized spacial score (nSPS) is 15.8. The number of nitrogens with zero attached hydrogens (tertiary/aromatic N) is 2. The van der Waals surface area contributed by atoms with Crippen LogP contribution in [-0.4, -0.2) is 29.7 Å². The maximum Gasteiger partial charge on any atom is 0.416 e. The third-order valence-electron chi connectivity index (χ3n) is 6.90. The molecule has 0 radical (unpaired) electrons. The molecule has 0 saturated heterocycles. The maximum absolute atomic E-state index is 13.1. The molecule has 240 valence electrons. The molecule has 0 aliphatic carbocycles. The Morgan fingerprint density at radius 2 is 1.60 bits per heavy atom. The van der Waals surface area contributed by atoms with E-state index in [9.17, 15) is 26.3 Å². The van der Waals surface area contributed by atoms with Crippen LogP contribution in [0.1, 0.15) is 121 Å². The number of hydrogen-bond donors (Lipinski definition) is 1. The Labute approximate surface area is 249 Å². The minimum atomic E-state index is -4.73. The molecule has 1 aromatic carbocycles. The van der Waals surface area contributed by atoms with E-state index < -0.39 is 35.9 Å². The molecule has 0 fully saturated rings. The van der Waals surface area contributed by atoms with Crippen LogP contribution in [0.4, 0.5) is 26.3 Å². The van der Waals surface area contributed by atoms with Gasteiger partial charge in [0, 0.05) is 30.2 Å². The number of pyridine rings is 1. The molecule has 9 heteroatoms. The highest BCUT2D eigenvalue weighted by atomic mass is 19.4. The summed E-state index contributed by atoms with van der Waals surface area (Å²) in [6.07, 6.45) is 2.31. The molecule has 2 unspecified atom stereocenters. The highest BCUT2D eigenvalue weighted by Gasteiger charge is 2.36. The van der Waals surface area contributed by atoms with Crippen LogP contribution in [0.15, 0.2) is 42.7 Å². The summed E-state index contributed by atoms with van der Waals surface area (Å²) in [5, 5.41) is 0. The number of aromatic nitrogens is 1. The van der Waals surface area contributed by atoms with Crippen molar-refractivity contribution >= 4 is 5.70 Å². The van der Waals surface area contributed by atoms with Crippen molar-refractivity contribution in [2.24, 2.45) is 11.7 Å². The molecule has 0 bridgehead atoms. The average Bonchev–Trinajstić information content (AvgIpc) is 3.08. The zero-order chi connectivity index (χ0) is 32.5. The van der Waals surface area contributed by atoms with Crippen LogP contribution >= 0.6 is 0 Å². The standard InChI is InChI=1S/C19H17F6N3.C10H22.2C2H6/c1-28-7-5-16(26)15-10-27-6-4-14(15)17(28)13-3-2-12(19(23,24)25)8-11(13)9-18(20,21)22;1-4-6-7-8-9-10(3)5-2;2*1-2/h2-6,8,10,17H,7,9,26H2,1H3;10H,4-9H2,1-3H3;2*1-2H3. The van der Waals surface area contributed by atoms with E-state index in [2.05, 4.69) is 25.8 Å². The van der Waals surface area contributed by atoms with Gasteiger partial charge in [-0.3, -0.25) is 9.88 Å². The highest BCUT2D eigenvalue weighted by molar-refractivity contribution is 5.67. The zero-order valence-corrected chi connectivity index (χ0v) is 26.6. The predicted molar refractivity (Wildman–Crippen MR) is 163 cm³/mol. The summed E-state index contributed by atoms with van der Waals surface area (Å²) in [5.74, 6) is 0.955. The second-order valence-corrected chi connectivity index (χ2v) is 10.0. The summed E-state index contributed by atoms with van der Waals surface area (Å²) in [6, 6.07) is 3.44. The summed E-state index contributed by atoms with van der Waals surface area (Å²) >= 11 is 0. The van der Waals surface area contributed by atoms with Crippen molar-refractivity contribution in [2.45, 2.75) is 112 Å². The minimum Gasteiger partial charge on any atom is -0.398 e. The third kappa shape index (κ3) is 13.2. The van der Waals surface area contributed by atoms with Crippen molar-refractivity contribution in [1.29, 1.82) is 0 Å². The van der Waals surface area contributed by atoms with Crippen molar-refractivity contribution in [2.75, 3.05) is 13.6 Å². The summed E-state index contributed by atoms with van der Waals surface area (Å²) in [4.78, 5) is 5.74. The molecule has 2 heterocycles. The van der Waals surface area contributed by atoms with E-state index in [0.29, 0.717) is 29.4 Å². The zero-order valence-electron chi connectivity index (χ0n) is 26.6. The maximum atomic E-state index is 13.1. The topological polar surface area (TPSA) is 42.1 Å². The Kier molecular flexibility index (Phi) is 18.4. The molecule has 3 rings (SSSR count). The quantitative estimate of drug-likeness (QED) is 0.241. The van der Waals surface area contributed by atoms with Crippen LogP contribution in [0, 0.1) is 5.92 Å². The van der Waals surface area contributed by atoms with Gasteiger partial charge in [-0.25, -0.2) is 0 Å². The number of alkyl halides is 6. The van der Waals surface area contributed by atoms with Gasteiger partial charge in [0.2, 0.25) is 0 Å². The van der Waals surface area contributed by atoms with E-state index in [1.54, 1.807) is 24.1 Å². The van der Waals surface area contributed by atoms with Crippen LogP contribution < -0.4 is 5.73 Å². The lowest BCUT2D eigenvalue weighted by Crippen LogP contribution is -2.27. The summed E-state index contributed by atoms with van der Waals surface area (Å²) in [7, 11) is 1.68. The van der Waals surface area contributed by atoms with Gasteiger partial charge in [0.25, 0.3) is 0 Å². The molecule has 0 amide bonds. The molecular formula is C33H51F6N3. The van der Waals surface area contributed by atoms with E-state index in [-0.39, 0.29) is 5.56 Å². The number of rotatable bonds is 8. The molecule has 3 nitrogen and oxygen atoms in total. The first-order valence-electron chi connectivity index (χ1n) is 15.1. The highest BCUT2D eigenvalue weighted by Crippen LogP contribution is 2.39. The lowest BCUT2D eigenvalue weighted by Gasteiger charge is -2.30. The molecule has 0 spiro atoms. The monoisotopic (exact) mass is 603 g/mol. The van der Waals surface area contributed by atoms with Crippen molar-refractivity contribution in [1.82, 2.24) is 9.88 Å². The van der Waals surface area contributed by atoms with Gasteiger partial charge in [-0.2, -0.15) is 26.3 Å². The Bertz CT molecular complexity index is 1050. The first kappa shape index (κ1) is 39.5. The van der Waals surface area contributed by atoms with Gasteiger partial charge in [0.05, 0.1) is 18.0 Å². The van der Waals surface area contributed by atoms with E-state index in [1.165, 1.54) is 50.9 Å². The second-order valence-electron chi connectivity index (χ2n) is 10.0. The van der Waals surface area contributed by atoms with E-state index in [0.717, 1.165) is 18.1 Å². The van der Waals surface area contributed by atoms with Crippen molar-refractivity contribution in [3.05, 3.63) is 70.6 Å². The molecule has 42 heavy (non-hydrogen) atoms. The van der Waals surface area contributed by atoms with E-state index in [1.807, 2.05) is 27.7 Å². The lowest BCUT2D eigenvalue weighted by molar-refractivity contribution is -0.138. The van der Waals surface area contributed by atoms with Crippen LogP contribution in [0.2, 0.25) is 0 Å². The van der Waals surface area contributed by atoms with E-state index in [4.69, 9.17) is 5.73 Å². The number of unbranched alkanes of at least 4 members (excludes halogenated alkanes) is 3. The molecule has 2 atom stereocenters. The van der Waals surface area contributed by atoms with Crippen LogP contribution in [0.3, 0.4) is 0 Å². The number of halogens is 6. The Morgan fingerprint density at radius 3 is 2.14 bits per heavy atom. The number of hydrogen-bond acceptors (Lipinski definition) is 3. The van der Waals surface area contributed by atoms with Crippen LogP contribution in [-0.2, 0) is 12.6 Å². The number of likely N-dealkylation sites (N-methyl/N-ethyl adjacent to an activating group) is 1. The number of nitrogens with two attached hydrogens (primary N) is 1. The summed E-state index contributed by atoms with van der Waals surface area (Å²) in [6.45, 7) is 15.2. The molecule has 1 aliphatic heterocycles. The average molecular weight is 604 g/mol. The molecule has 2 aromatic rings. The Hall–Kier alpha value is -2.55. The van der Waals surface area contributed by atoms with Crippen molar-refractivity contribution in [3.8, 4) is 0 Å². The molecule has 1 aromatic heterocycles. The molecule has 0 saturated carbocycles. The molecule has 2 N–H and O–H groups in total. The number of fused-ring (bicyclic) bond motifs is 1. The van der Waals surface area contributed by atoms with Gasteiger partial charge in [-0.15, -0.1) is 0 Å². The summed E-state index contributed by atoms with van der Waals surface area (Å²) < 4.78 is 78.6. The van der Waals surface area contributed by atoms with Gasteiger partial charge < -0.3 is 5.73 Å².